The van der Waals surface area contributed by atoms with Crippen LogP contribution in [0.3, 0.4) is 0 Å². The molecule has 1 aliphatic heterocycles. The van der Waals surface area contributed by atoms with Gasteiger partial charge < -0.3 is 15.4 Å². The third-order valence-electron chi connectivity index (χ3n) is 7.50. The van der Waals surface area contributed by atoms with Gasteiger partial charge in [0, 0.05) is 36.6 Å². The standard InChI is InChI=1S/C26H36N4O5S/c1-29(36(34)24-11-5-8-19-20(24)9-4-10-23(19)27)17-22(25(31)28-33)21(16-18-6-2-3-7-18)26(32)30-12-14-35-15-13-30/h4-5,8-11,18,21-22,34H,2-3,6-7,12-17,27H2,1H3,(H-,28,31,33)/p+1/t21-,22+,36?/m1/s1. The number of amides is 2. The molecule has 1 saturated heterocycles. The molecular weight excluding hydrogens is 480 g/mol. The summed E-state index contributed by atoms with van der Waals surface area (Å²) < 4.78 is 18.4. The fourth-order valence-corrected chi connectivity index (χ4v) is 6.73. The van der Waals surface area contributed by atoms with Gasteiger partial charge in [0.25, 0.3) is 11.4 Å². The number of ether oxygens (including phenoxy) is 1. The van der Waals surface area contributed by atoms with Gasteiger partial charge >= 0.3 is 0 Å². The third kappa shape index (κ3) is 5.95. The summed E-state index contributed by atoms with van der Waals surface area (Å²) in [7, 11) is 1.73. The molecule has 2 aromatic carbocycles. The molecule has 0 spiro atoms. The number of benzene rings is 2. The Kier molecular flexibility index (Phi) is 9.08. The minimum atomic E-state index is -1.37. The Balaban J connectivity index is 1.60. The Morgan fingerprint density at radius 2 is 1.81 bits per heavy atom. The molecule has 2 fully saturated rings. The van der Waals surface area contributed by atoms with Crippen LogP contribution in [0, 0.1) is 17.8 Å². The van der Waals surface area contributed by atoms with Crippen LogP contribution in [0.5, 0.6) is 0 Å². The summed E-state index contributed by atoms with van der Waals surface area (Å²) >= 11 is -1.37. The molecular formula is C26H37N4O5S+. The van der Waals surface area contributed by atoms with Gasteiger partial charge in [-0.3, -0.25) is 14.8 Å². The second-order valence-electron chi connectivity index (χ2n) is 9.79. The first-order valence-electron chi connectivity index (χ1n) is 12.6. The highest BCUT2D eigenvalue weighted by molar-refractivity contribution is 7.89. The molecule has 1 heterocycles. The van der Waals surface area contributed by atoms with Gasteiger partial charge in [-0.15, -0.1) is 0 Å². The molecule has 4 rings (SSSR count). The molecule has 0 bridgehead atoms. The Hall–Kier alpha value is -2.37. The number of nitrogens with zero attached hydrogens (tertiary/aromatic N) is 2. The normalized spacial score (nSPS) is 19.4. The van der Waals surface area contributed by atoms with Crippen molar-refractivity contribution >= 4 is 39.6 Å². The highest BCUT2D eigenvalue weighted by atomic mass is 32.2. The average molecular weight is 518 g/mol. The van der Waals surface area contributed by atoms with E-state index in [4.69, 9.17) is 10.5 Å². The zero-order valence-electron chi connectivity index (χ0n) is 20.8. The van der Waals surface area contributed by atoms with Crippen LogP contribution in [-0.4, -0.2) is 70.7 Å². The van der Waals surface area contributed by atoms with E-state index in [2.05, 4.69) is 0 Å². The van der Waals surface area contributed by atoms with E-state index in [-0.39, 0.29) is 12.5 Å². The quantitative estimate of drug-likeness (QED) is 0.174. The van der Waals surface area contributed by atoms with Crippen molar-refractivity contribution in [2.75, 3.05) is 45.6 Å². The monoisotopic (exact) mass is 517 g/mol. The van der Waals surface area contributed by atoms with E-state index in [9.17, 15) is 19.3 Å². The summed E-state index contributed by atoms with van der Waals surface area (Å²) in [6.45, 7) is 2.04. The molecule has 2 amide bonds. The molecule has 0 aromatic heterocycles. The van der Waals surface area contributed by atoms with E-state index in [0.29, 0.717) is 49.2 Å². The zero-order valence-corrected chi connectivity index (χ0v) is 21.6. The van der Waals surface area contributed by atoms with Gasteiger partial charge in [0.1, 0.15) is 0 Å². The van der Waals surface area contributed by atoms with Gasteiger partial charge in [-0.05, 0) is 30.5 Å². The van der Waals surface area contributed by atoms with E-state index in [1.165, 1.54) is 0 Å². The Bertz CT molecular complexity index is 1060. The minimum Gasteiger partial charge on any atom is -0.398 e. The summed E-state index contributed by atoms with van der Waals surface area (Å²) in [5.41, 5.74) is 8.56. The van der Waals surface area contributed by atoms with Crippen LogP contribution >= 0.6 is 0 Å². The van der Waals surface area contributed by atoms with Crippen molar-refractivity contribution in [1.82, 2.24) is 14.7 Å². The summed E-state index contributed by atoms with van der Waals surface area (Å²) in [6.07, 6.45) is 4.93. The van der Waals surface area contributed by atoms with Crippen molar-refractivity contribution in [2.45, 2.75) is 37.0 Å². The maximum absolute atomic E-state index is 13.7. The lowest BCUT2D eigenvalue weighted by atomic mass is 9.82. The molecule has 3 atom stereocenters. The molecule has 0 radical (unpaired) electrons. The van der Waals surface area contributed by atoms with E-state index in [1.807, 2.05) is 36.4 Å². The molecule has 36 heavy (non-hydrogen) atoms. The molecule has 10 heteroatoms. The van der Waals surface area contributed by atoms with Gasteiger partial charge in [0.05, 0.1) is 31.6 Å². The smallest absolute Gasteiger partial charge is 0.278 e. The molecule has 196 valence electrons. The lowest BCUT2D eigenvalue weighted by Crippen LogP contribution is -2.50. The minimum absolute atomic E-state index is 0.0806. The fraction of sp³-hybridized carbons (Fsp3) is 0.538. The third-order valence-corrected chi connectivity index (χ3v) is 8.99. The SMILES string of the molecule is CN(C[C@H](C(=O)NO)[C@@H](CC1CCCC1)C(=O)N1CCOCC1)[S+](O)c1cccc2c(N)cccc12. The Morgan fingerprint density at radius 3 is 2.50 bits per heavy atom. The van der Waals surface area contributed by atoms with Crippen LogP contribution in [-0.2, 0) is 25.7 Å². The molecule has 1 unspecified atom stereocenters. The lowest BCUT2D eigenvalue weighted by Gasteiger charge is -2.34. The van der Waals surface area contributed by atoms with Gasteiger partial charge in [-0.25, -0.2) is 5.48 Å². The fourth-order valence-electron chi connectivity index (χ4n) is 5.52. The van der Waals surface area contributed by atoms with Crippen molar-refractivity contribution in [3.05, 3.63) is 36.4 Å². The van der Waals surface area contributed by atoms with Crippen LogP contribution in [0.1, 0.15) is 32.1 Å². The topological polar surface area (TPSA) is 128 Å². The van der Waals surface area contributed by atoms with Gasteiger partial charge in [0.15, 0.2) is 0 Å². The number of carbonyl (C=O) groups is 2. The number of hydrogen-bond acceptors (Lipinski definition) is 7. The largest absolute Gasteiger partial charge is 0.398 e. The number of hydroxylamine groups is 1. The Morgan fingerprint density at radius 1 is 1.14 bits per heavy atom. The van der Waals surface area contributed by atoms with Crippen LogP contribution in [0.4, 0.5) is 5.69 Å². The van der Waals surface area contributed by atoms with Crippen molar-refractivity contribution in [2.24, 2.45) is 17.8 Å². The number of hydrogen-bond donors (Lipinski definition) is 4. The number of nitrogen functional groups attached to an aromatic ring is 1. The molecule has 2 aliphatic rings. The van der Waals surface area contributed by atoms with Gasteiger partial charge in [-0.1, -0.05) is 48.2 Å². The van der Waals surface area contributed by atoms with Gasteiger partial charge in [-0.2, -0.15) is 4.55 Å². The van der Waals surface area contributed by atoms with E-state index in [1.54, 1.807) is 21.7 Å². The van der Waals surface area contributed by atoms with Crippen molar-refractivity contribution < 1.29 is 24.1 Å². The first-order chi connectivity index (χ1) is 17.4. The van der Waals surface area contributed by atoms with E-state index < -0.39 is 29.1 Å². The van der Waals surface area contributed by atoms with Crippen LogP contribution in [0.2, 0.25) is 0 Å². The number of fused-ring (bicyclic) bond motifs is 1. The average Bonchev–Trinajstić information content (AvgIpc) is 3.43. The molecule has 1 aliphatic carbocycles. The van der Waals surface area contributed by atoms with E-state index in [0.717, 1.165) is 36.5 Å². The van der Waals surface area contributed by atoms with Crippen molar-refractivity contribution in [3.8, 4) is 0 Å². The maximum atomic E-state index is 13.7. The first kappa shape index (κ1) is 26.7. The van der Waals surface area contributed by atoms with Crippen LogP contribution < -0.4 is 11.2 Å². The number of nitrogens with one attached hydrogen (secondary N) is 1. The number of carbonyl (C=O) groups excluding carboxylic acids is 2. The number of rotatable bonds is 9. The molecule has 9 nitrogen and oxygen atoms in total. The van der Waals surface area contributed by atoms with Crippen molar-refractivity contribution in [1.29, 1.82) is 0 Å². The highest BCUT2D eigenvalue weighted by Gasteiger charge is 2.42. The predicted octanol–water partition coefficient (Wildman–Crippen LogP) is 2.90. The maximum Gasteiger partial charge on any atom is 0.278 e. The molecule has 5 N–H and O–H groups in total. The van der Waals surface area contributed by atoms with Crippen LogP contribution in [0.25, 0.3) is 10.8 Å². The number of anilines is 1. The summed E-state index contributed by atoms with van der Waals surface area (Å²) in [4.78, 5) is 29.1. The Labute approximate surface area is 215 Å². The predicted molar refractivity (Wildman–Crippen MR) is 140 cm³/mol. The highest BCUT2D eigenvalue weighted by Crippen LogP contribution is 2.35. The number of nitrogens with two attached hydrogens (primary N) is 1. The molecule has 1 saturated carbocycles. The summed E-state index contributed by atoms with van der Waals surface area (Å²) in [6, 6.07) is 11.2. The lowest BCUT2D eigenvalue weighted by molar-refractivity contribution is -0.148. The first-order valence-corrected chi connectivity index (χ1v) is 13.8. The number of morpholine rings is 1. The molecule has 2 aromatic rings. The second-order valence-corrected chi connectivity index (χ2v) is 11.4. The van der Waals surface area contributed by atoms with Gasteiger partial charge in [0.2, 0.25) is 16.7 Å². The van der Waals surface area contributed by atoms with Crippen LogP contribution in [0.15, 0.2) is 41.3 Å². The summed E-state index contributed by atoms with van der Waals surface area (Å²) in [5.74, 6) is -1.74. The van der Waals surface area contributed by atoms with E-state index >= 15 is 0 Å². The zero-order chi connectivity index (χ0) is 25.7. The van der Waals surface area contributed by atoms with Crippen molar-refractivity contribution in [3.63, 3.8) is 0 Å². The second kappa shape index (κ2) is 12.2. The summed E-state index contributed by atoms with van der Waals surface area (Å²) in [5, 5.41) is 11.3.